The van der Waals surface area contributed by atoms with Crippen molar-refractivity contribution in [3.05, 3.63) is 16.0 Å². The molecule has 1 amide bonds. The first-order valence-corrected chi connectivity index (χ1v) is 12.1. The molecule has 1 aromatic heterocycles. The van der Waals surface area contributed by atoms with Gasteiger partial charge in [0, 0.05) is 11.3 Å². The third-order valence-corrected chi connectivity index (χ3v) is 6.62. The second-order valence-electron chi connectivity index (χ2n) is 7.76. The predicted molar refractivity (Wildman–Crippen MR) is 117 cm³/mol. The number of carbonyl (C=O) groups is 2. The molecule has 158 valence electrons. The maximum atomic E-state index is 12.5. The number of anilines is 1. The summed E-state index contributed by atoms with van der Waals surface area (Å²) in [5.41, 5.74) is 1.73. The highest BCUT2D eigenvalue weighted by Gasteiger charge is 2.26. The maximum Gasteiger partial charge on any atom is 0.341 e. The number of aryl methyl sites for hydroxylation is 1. The van der Waals surface area contributed by atoms with E-state index in [0.29, 0.717) is 23.6 Å². The van der Waals surface area contributed by atoms with Gasteiger partial charge in [-0.3, -0.25) is 4.79 Å². The molecule has 28 heavy (non-hydrogen) atoms. The van der Waals surface area contributed by atoms with Crippen LogP contribution in [0.5, 0.6) is 0 Å². The van der Waals surface area contributed by atoms with Crippen LogP contribution in [0.15, 0.2) is 0 Å². The van der Waals surface area contributed by atoms with E-state index in [9.17, 15) is 9.59 Å². The summed E-state index contributed by atoms with van der Waals surface area (Å²) >= 11 is 1.58. The summed E-state index contributed by atoms with van der Waals surface area (Å²) < 4.78 is 5.29. The van der Waals surface area contributed by atoms with Gasteiger partial charge in [-0.1, -0.05) is 58.3 Å². The van der Waals surface area contributed by atoms with E-state index >= 15 is 0 Å². The van der Waals surface area contributed by atoms with Crippen LogP contribution in [0.25, 0.3) is 0 Å². The van der Waals surface area contributed by atoms with Gasteiger partial charge >= 0.3 is 5.97 Å². The molecule has 0 radical (unpaired) electrons. The van der Waals surface area contributed by atoms with Crippen molar-refractivity contribution in [1.29, 1.82) is 0 Å². The number of hydrogen-bond acceptors (Lipinski definition) is 4. The van der Waals surface area contributed by atoms with Crippen LogP contribution in [0.3, 0.4) is 0 Å². The quantitative estimate of drug-likeness (QED) is 0.239. The number of amides is 1. The fourth-order valence-electron chi connectivity index (χ4n) is 3.86. The van der Waals surface area contributed by atoms with Crippen molar-refractivity contribution in [2.45, 2.75) is 104 Å². The highest BCUT2D eigenvalue weighted by atomic mass is 32.1. The third-order valence-electron chi connectivity index (χ3n) is 5.41. The molecule has 0 aromatic carbocycles. The average Bonchev–Trinajstić information content (AvgIpc) is 2.84. The molecule has 0 fully saturated rings. The van der Waals surface area contributed by atoms with Crippen molar-refractivity contribution in [3.63, 3.8) is 0 Å². The summed E-state index contributed by atoms with van der Waals surface area (Å²) in [6.45, 7) is 4.41. The van der Waals surface area contributed by atoms with Crippen LogP contribution in [-0.4, -0.2) is 18.5 Å². The molecule has 0 unspecified atom stereocenters. The van der Waals surface area contributed by atoms with E-state index in [-0.39, 0.29) is 11.9 Å². The summed E-state index contributed by atoms with van der Waals surface area (Å²) in [6, 6.07) is 0. The molecule has 4 nitrogen and oxygen atoms in total. The molecule has 1 N–H and O–H groups in total. The van der Waals surface area contributed by atoms with Gasteiger partial charge in [0.15, 0.2) is 0 Å². The lowest BCUT2D eigenvalue weighted by atomic mass is 10.1. The predicted octanol–water partition coefficient (Wildman–Crippen LogP) is 6.66. The van der Waals surface area contributed by atoms with Crippen LogP contribution in [0.1, 0.15) is 112 Å². The first-order valence-electron chi connectivity index (χ1n) is 11.3. The zero-order valence-electron chi connectivity index (χ0n) is 17.7. The number of nitrogens with one attached hydrogen (secondary N) is 1. The molecule has 1 aliphatic carbocycles. The summed E-state index contributed by atoms with van der Waals surface area (Å²) in [5, 5.41) is 3.73. The van der Waals surface area contributed by atoms with Gasteiger partial charge < -0.3 is 10.1 Å². The number of rotatable bonds is 12. The van der Waals surface area contributed by atoms with Crippen LogP contribution < -0.4 is 5.32 Å². The van der Waals surface area contributed by atoms with Gasteiger partial charge in [0.2, 0.25) is 5.91 Å². The SMILES string of the molecule is CCCCCCCCCCC(=O)Nc1sc2c(c1C(=O)OCC)CCCCC2. The molecular weight excluding hydrogens is 370 g/mol. The molecule has 0 aliphatic heterocycles. The first-order chi connectivity index (χ1) is 13.7. The Kier molecular flexibility index (Phi) is 10.6. The molecule has 2 rings (SSSR count). The molecule has 0 saturated carbocycles. The fraction of sp³-hybridized carbons (Fsp3) is 0.739. The number of ether oxygens (including phenoxy) is 1. The zero-order valence-corrected chi connectivity index (χ0v) is 18.6. The van der Waals surface area contributed by atoms with Gasteiger partial charge in [-0.2, -0.15) is 0 Å². The molecule has 0 bridgehead atoms. The van der Waals surface area contributed by atoms with E-state index in [1.165, 1.54) is 49.8 Å². The second-order valence-corrected chi connectivity index (χ2v) is 8.87. The number of carbonyl (C=O) groups excluding carboxylic acids is 2. The minimum Gasteiger partial charge on any atom is -0.462 e. The molecule has 5 heteroatoms. The zero-order chi connectivity index (χ0) is 20.2. The van der Waals surface area contributed by atoms with Gasteiger partial charge in [0.25, 0.3) is 0 Å². The normalized spacial score (nSPS) is 13.6. The lowest BCUT2D eigenvalue weighted by molar-refractivity contribution is -0.116. The van der Waals surface area contributed by atoms with Gasteiger partial charge in [-0.05, 0) is 44.6 Å². The van der Waals surface area contributed by atoms with Crippen molar-refractivity contribution >= 4 is 28.2 Å². The standard InChI is InChI=1S/C23H37NO3S/c1-3-5-6-7-8-9-10-14-17-20(25)24-22-21(23(26)27-4-2)18-15-12-11-13-16-19(18)28-22/h3-17H2,1-2H3,(H,24,25). The molecule has 1 heterocycles. The Labute approximate surface area is 174 Å². The van der Waals surface area contributed by atoms with Crippen LogP contribution in [0, 0.1) is 0 Å². The van der Waals surface area contributed by atoms with Crippen molar-refractivity contribution in [2.24, 2.45) is 0 Å². The minimum atomic E-state index is -0.288. The Hall–Kier alpha value is -1.36. The van der Waals surface area contributed by atoms with Gasteiger partial charge in [-0.15, -0.1) is 11.3 Å². The Morgan fingerprint density at radius 1 is 0.929 bits per heavy atom. The third kappa shape index (κ3) is 7.23. The van der Waals surface area contributed by atoms with E-state index < -0.39 is 0 Å². The summed E-state index contributed by atoms with van der Waals surface area (Å²) in [5.74, 6) is -0.266. The Bertz CT molecular complexity index is 624. The Morgan fingerprint density at radius 3 is 2.32 bits per heavy atom. The Morgan fingerprint density at radius 2 is 1.61 bits per heavy atom. The number of fused-ring (bicyclic) bond motifs is 1. The van der Waals surface area contributed by atoms with E-state index in [1.807, 2.05) is 6.92 Å². The van der Waals surface area contributed by atoms with Crippen molar-refractivity contribution in [1.82, 2.24) is 0 Å². The van der Waals surface area contributed by atoms with E-state index in [1.54, 1.807) is 11.3 Å². The molecule has 1 aromatic rings. The van der Waals surface area contributed by atoms with Crippen molar-refractivity contribution < 1.29 is 14.3 Å². The summed E-state index contributed by atoms with van der Waals surface area (Å²) in [6.07, 6.45) is 15.6. The molecule has 1 aliphatic rings. The lowest BCUT2D eigenvalue weighted by Crippen LogP contribution is -2.15. The van der Waals surface area contributed by atoms with Crippen molar-refractivity contribution in [3.8, 4) is 0 Å². The number of unbranched alkanes of at least 4 members (excludes halogenated alkanes) is 7. The highest BCUT2D eigenvalue weighted by molar-refractivity contribution is 7.17. The largest absolute Gasteiger partial charge is 0.462 e. The van der Waals surface area contributed by atoms with E-state index in [0.717, 1.165) is 44.1 Å². The molecule has 0 spiro atoms. The van der Waals surface area contributed by atoms with Gasteiger partial charge in [-0.25, -0.2) is 4.79 Å². The van der Waals surface area contributed by atoms with E-state index in [2.05, 4.69) is 12.2 Å². The summed E-state index contributed by atoms with van der Waals surface area (Å²) in [7, 11) is 0. The van der Waals surface area contributed by atoms with Crippen LogP contribution >= 0.6 is 11.3 Å². The number of thiophene rings is 1. The lowest BCUT2D eigenvalue weighted by Gasteiger charge is -2.08. The monoisotopic (exact) mass is 407 g/mol. The van der Waals surface area contributed by atoms with Gasteiger partial charge in [0.05, 0.1) is 12.2 Å². The van der Waals surface area contributed by atoms with Crippen molar-refractivity contribution in [2.75, 3.05) is 11.9 Å². The smallest absolute Gasteiger partial charge is 0.341 e. The molecule has 0 atom stereocenters. The van der Waals surface area contributed by atoms with Crippen LogP contribution in [-0.2, 0) is 22.4 Å². The first kappa shape index (κ1) is 22.9. The molecule has 0 saturated heterocycles. The van der Waals surface area contributed by atoms with Gasteiger partial charge in [0.1, 0.15) is 5.00 Å². The second kappa shape index (κ2) is 13.0. The number of esters is 1. The van der Waals surface area contributed by atoms with Crippen LogP contribution in [0.2, 0.25) is 0 Å². The van der Waals surface area contributed by atoms with Crippen LogP contribution in [0.4, 0.5) is 5.00 Å². The topological polar surface area (TPSA) is 55.4 Å². The average molecular weight is 408 g/mol. The fourth-order valence-corrected chi connectivity index (χ4v) is 5.15. The minimum absolute atomic E-state index is 0.0212. The Balaban J connectivity index is 1.86. The highest BCUT2D eigenvalue weighted by Crippen LogP contribution is 2.38. The molecular formula is C23H37NO3S. The maximum absolute atomic E-state index is 12.5. The number of hydrogen-bond donors (Lipinski definition) is 1. The van der Waals surface area contributed by atoms with E-state index in [4.69, 9.17) is 4.74 Å². The summed E-state index contributed by atoms with van der Waals surface area (Å²) in [4.78, 5) is 26.2.